The molecule has 0 N–H and O–H groups in total. The zero-order valence-corrected chi connectivity index (χ0v) is 6.79. The summed E-state index contributed by atoms with van der Waals surface area (Å²) >= 11 is 0. The molecule has 0 atom stereocenters. The van der Waals surface area contributed by atoms with Crippen LogP contribution < -0.4 is 0 Å². The Kier molecular flexibility index (Phi) is 4.59. The fourth-order valence-corrected chi connectivity index (χ4v) is 0.656. The Bertz CT molecular complexity index is 230. The molecular weight excluding hydrogens is 138 g/mol. The van der Waals surface area contributed by atoms with Crippen LogP contribution in [-0.4, -0.2) is 0 Å². The zero-order chi connectivity index (χ0) is 8.69. The number of nitrogens with zero attached hydrogens (tertiary/aromatic N) is 1. The second-order valence-electron chi connectivity index (χ2n) is 2.09. The van der Waals surface area contributed by atoms with Gasteiger partial charge in [0.2, 0.25) is 0 Å². The first kappa shape index (κ1) is 9.51. The highest BCUT2D eigenvalue weighted by Crippen LogP contribution is 2.01. The largest absolute Gasteiger partial charge is 0.393 e. The van der Waals surface area contributed by atoms with Crippen LogP contribution in [0.15, 0.2) is 36.1 Å². The molecule has 0 aliphatic carbocycles. The van der Waals surface area contributed by atoms with Gasteiger partial charge in [0.15, 0.2) is 0 Å². The van der Waals surface area contributed by atoms with E-state index in [4.69, 9.17) is 5.26 Å². The van der Waals surface area contributed by atoms with Gasteiger partial charge < -0.3 is 4.74 Å². The molecule has 0 rings (SSSR count). The van der Waals surface area contributed by atoms with Gasteiger partial charge in [-0.3, -0.25) is 0 Å². The maximum absolute atomic E-state index is 8.13. The Morgan fingerprint density at radius 3 is 2.64 bits per heavy atom. The Hall–Kier alpha value is -1.49. The lowest BCUT2D eigenvalue weighted by atomic mass is 10.2. The summed E-state index contributed by atoms with van der Waals surface area (Å²) in [5.74, 6) is 0.586. The minimum Gasteiger partial charge on any atom is -0.393 e. The molecule has 0 unspecified atom stereocenters. The molecule has 0 aliphatic heterocycles. The van der Waals surface area contributed by atoms with Crippen LogP contribution in [0.1, 0.15) is 13.8 Å². The van der Waals surface area contributed by atoms with E-state index in [9.17, 15) is 0 Å². The van der Waals surface area contributed by atoms with Crippen molar-refractivity contribution in [2.75, 3.05) is 0 Å². The van der Waals surface area contributed by atoms with Gasteiger partial charge in [-0.15, -0.1) is 5.26 Å². The van der Waals surface area contributed by atoms with Gasteiger partial charge in [0.1, 0.15) is 5.76 Å². The van der Waals surface area contributed by atoms with Gasteiger partial charge in [-0.25, -0.2) is 0 Å². The molecule has 0 saturated carbocycles. The highest BCUT2D eigenvalue weighted by atomic mass is 16.5. The molecule has 0 bridgehead atoms. The smallest absolute Gasteiger partial charge is 0.291 e. The zero-order valence-electron chi connectivity index (χ0n) is 6.79. The van der Waals surface area contributed by atoms with Gasteiger partial charge in [0, 0.05) is 0 Å². The van der Waals surface area contributed by atoms with Crippen LogP contribution in [0, 0.1) is 11.5 Å². The summed E-state index contributed by atoms with van der Waals surface area (Å²) in [6.45, 7) is 7.18. The second-order valence-corrected chi connectivity index (χ2v) is 2.09. The van der Waals surface area contributed by atoms with Crippen molar-refractivity contribution >= 4 is 0 Å². The number of hydrogen-bond acceptors (Lipinski definition) is 2. The van der Waals surface area contributed by atoms with E-state index in [1.165, 1.54) is 0 Å². The van der Waals surface area contributed by atoms with Gasteiger partial charge in [-0.05, 0) is 25.5 Å². The van der Waals surface area contributed by atoms with Crippen LogP contribution in [0.2, 0.25) is 0 Å². The summed E-state index contributed by atoms with van der Waals surface area (Å²) in [7, 11) is 0. The predicted octanol–water partition coefficient (Wildman–Crippen LogP) is 2.52. The van der Waals surface area contributed by atoms with Crippen molar-refractivity contribution in [2.45, 2.75) is 13.8 Å². The summed E-state index contributed by atoms with van der Waals surface area (Å²) in [5, 5.41) is 8.13. The van der Waals surface area contributed by atoms with Crippen molar-refractivity contribution in [2.24, 2.45) is 0 Å². The molecule has 2 nitrogen and oxygen atoms in total. The minimum absolute atomic E-state index is 0.586. The lowest BCUT2D eigenvalue weighted by Crippen LogP contribution is -1.78. The summed E-state index contributed by atoms with van der Waals surface area (Å²) < 4.78 is 4.55. The van der Waals surface area contributed by atoms with Crippen LogP contribution in [0.25, 0.3) is 0 Å². The summed E-state index contributed by atoms with van der Waals surface area (Å²) in [4.78, 5) is 0. The fraction of sp³-hybridized carbons (Fsp3) is 0.222. The van der Waals surface area contributed by atoms with Crippen LogP contribution in [-0.2, 0) is 4.74 Å². The molecule has 0 fully saturated rings. The fourth-order valence-electron chi connectivity index (χ4n) is 0.656. The summed E-state index contributed by atoms with van der Waals surface area (Å²) in [5.41, 5.74) is 1.01. The molecule has 0 amide bonds. The molecule has 0 aliphatic rings. The van der Waals surface area contributed by atoms with Crippen LogP contribution in [0.5, 0.6) is 0 Å². The minimum atomic E-state index is 0.586. The van der Waals surface area contributed by atoms with E-state index in [1.807, 2.05) is 13.0 Å². The lowest BCUT2D eigenvalue weighted by molar-refractivity contribution is 0.377. The lowest BCUT2D eigenvalue weighted by Gasteiger charge is -1.93. The first-order valence-electron chi connectivity index (χ1n) is 3.24. The number of ether oxygens (including phenoxy) is 1. The monoisotopic (exact) mass is 149 g/mol. The van der Waals surface area contributed by atoms with Gasteiger partial charge in [-0.2, -0.15) is 0 Å². The Labute approximate surface area is 67.1 Å². The Morgan fingerprint density at radius 2 is 2.18 bits per heavy atom. The first-order valence-corrected chi connectivity index (χ1v) is 3.24. The van der Waals surface area contributed by atoms with E-state index < -0.39 is 0 Å². The predicted molar refractivity (Wildman–Crippen MR) is 44.4 cm³/mol. The standard InChI is InChI=1S/C9H11NO/c1-4-5-8(2)6-9(3)11-7-10/h4-6H,1H2,2-3H3/b8-5-,9-6+. The molecule has 0 heterocycles. The first-order chi connectivity index (χ1) is 5.20. The molecule has 0 radical (unpaired) electrons. The van der Waals surface area contributed by atoms with Gasteiger partial charge >= 0.3 is 0 Å². The molecule has 2 heteroatoms. The normalized spacial score (nSPS) is 12.1. The van der Waals surface area contributed by atoms with Crippen LogP contribution in [0.3, 0.4) is 0 Å². The third-order valence-corrected chi connectivity index (χ3v) is 1.02. The quantitative estimate of drug-likeness (QED) is 0.351. The van der Waals surface area contributed by atoms with Crippen molar-refractivity contribution in [1.29, 1.82) is 5.26 Å². The maximum Gasteiger partial charge on any atom is 0.291 e. The molecule has 58 valence electrons. The van der Waals surface area contributed by atoms with E-state index >= 15 is 0 Å². The average molecular weight is 149 g/mol. The van der Waals surface area contributed by atoms with E-state index in [0.29, 0.717) is 5.76 Å². The van der Waals surface area contributed by atoms with E-state index in [1.54, 1.807) is 25.3 Å². The topological polar surface area (TPSA) is 33.0 Å². The van der Waals surface area contributed by atoms with Gasteiger partial charge in [0.25, 0.3) is 6.26 Å². The van der Waals surface area contributed by atoms with E-state index in [2.05, 4.69) is 11.3 Å². The number of allylic oxidation sites excluding steroid dienone is 5. The number of hydrogen-bond donors (Lipinski definition) is 0. The summed E-state index contributed by atoms with van der Waals surface area (Å²) in [6.07, 6.45) is 6.89. The third kappa shape index (κ3) is 4.98. The SMILES string of the molecule is C=C/C=C(C)\C=C(/C)OC#N. The molecule has 0 aromatic carbocycles. The van der Waals surface area contributed by atoms with Crippen molar-refractivity contribution < 1.29 is 4.74 Å². The highest BCUT2D eigenvalue weighted by molar-refractivity contribution is 5.22. The van der Waals surface area contributed by atoms with Crippen LogP contribution in [0.4, 0.5) is 0 Å². The highest BCUT2D eigenvalue weighted by Gasteiger charge is 1.87. The van der Waals surface area contributed by atoms with Crippen LogP contribution >= 0.6 is 0 Å². The molecule has 0 aromatic heterocycles. The third-order valence-electron chi connectivity index (χ3n) is 1.02. The Balaban J connectivity index is 4.20. The molecule has 0 aromatic rings. The second kappa shape index (κ2) is 5.31. The van der Waals surface area contributed by atoms with Crippen molar-refractivity contribution in [1.82, 2.24) is 0 Å². The Morgan fingerprint density at radius 1 is 1.55 bits per heavy atom. The van der Waals surface area contributed by atoms with E-state index in [-0.39, 0.29) is 0 Å². The average Bonchev–Trinajstić information content (AvgIpc) is 1.87. The maximum atomic E-state index is 8.13. The van der Waals surface area contributed by atoms with Crippen molar-refractivity contribution in [3.8, 4) is 6.26 Å². The summed E-state index contributed by atoms with van der Waals surface area (Å²) in [6, 6.07) is 0. The molecule has 11 heavy (non-hydrogen) atoms. The van der Waals surface area contributed by atoms with Gasteiger partial charge in [0.05, 0.1) is 0 Å². The molecule has 0 saturated heterocycles. The van der Waals surface area contributed by atoms with E-state index in [0.717, 1.165) is 5.57 Å². The number of nitriles is 1. The van der Waals surface area contributed by atoms with Gasteiger partial charge in [-0.1, -0.05) is 18.7 Å². The number of rotatable bonds is 3. The van der Waals surface area contributed by atoms with Crippen molar-refractivity contribution in [3.63, 3.8) is 0 Å². The molecule has 0 spiro atoms. The molecular formula is C9H11NO. The van der Waals surface area contributed by atoms with Crippen molar-refractivity contribution in [3.05, 3.63) is 36.1 Å².